The van der Waals surface area contributed by atoms with E-state index in [4.69, 9.17) is 0 Å². The molecule has 0 bridgehead atoms. The molecule has 0 saturated carbocycles. The number of nitrogens with one attached hydrogen (secondary N) is 1. The second kappa shape index (κ2) is 6.94. The lowest BCUT2D eigenvalue weighted by Crippen LogP contribution is -2.19. The van der Waals surface area contributed by atoms with Crippen molar-refractivity contribution in [2.24, 2.45) is 0 Å². The van der Waals surface area contributed by atoms with E-state index < -0.39 is 12.8 Å². The zero-order valence-electron chi connectivity index (χ0n) is 13.6. The lowest BCUT2D eigenvalue weighted by molar-refractivity contribution is -0.153. The van der Waals surface area contributed by atoms with Crippen LogP contribution in [0.25, 0.3) is 0 Å². The lowest BCUT2D eigenvalue weighted by atomic mass is 10.2. The number of halogens is 3. The molecule has 0 radical (unpaired) electrons. The van der Waals surface area contributed by atoms with E-state index in [9.17, 15) is 18.0 Å². The van der Waals surface area contributed by atoms with Crippen molar-refractivity contribution in [2.45, 2.75) is 33.5 Å². The summed E-state index contributed by atoms with van der Waals surface area (Å²) in [5.74, 6) is -0.0182. The molecule has 1 heterocycles. The van der Waals surface area contributed by atoms with Crippen LogP contribution in [-0.2, 0) is 11.3 Å². The molecule has 5 nitrogen and oxygen atoms in total. The van der Waals surface area contributed by atoms with Crippen molar-refractivity contribution in [1.29, 1.82) is 0 Å². The van der Waals surface area contributed by atoms with Crippen LogP contribution in [0.3, 0.4) is 0 Å². The number of aromatic nitrogens is 2. The average Bonchev–Trinajstić information content (AvgIpc) is 2.73. The zero-order chi connectivity index (χ0) is 17.9. The maximum Gasteiger partial charge on any atom is 0.422 e. The summed E-state index contributed by atoms with van der Waals surface area (Å²) in [6.07, 6.45) is -4.36. The van der Waals surface area contributed by atoms with E-state index in [-0.39, 0.29) is 11.7 Å². The number of anilines is 1. The summed E-state index contributed by atoms with van der Waals surface area (Å²) in [6, 6.07) is 6.34. The number of hydrogen-bond acceptors (Lipinski definition) is 3. The van der Waals surface area contributed by atoms with Crippen LogP contribution in [0, 0.1) is 13.8 Å². The predicted molar refractivity (Wildman–Crippen MR) is 83.1 cm³/mol. The van der Waals surface area contributed by atoms with Gasteiger partial charge in [0.15, 0.2) is 6.61 Å². The van der Waals surface area contributed by atoms with Gasteiger partial charge in [0, 0.05) is 6.92 Å². The number of carbonyl (C=O) groups excluding carboxylic acids is 1. The molecule has 2 rings (SSSR count). The minimum atomic E-state index is -4.36. The van der Waals surface area contributed by atoms with Crippen molar-refractivity contribution in [3.8, 4) is 5.75 Å². The molecule has 2 aromatic rings. The first kappa shape index (κ1) is 17.8. The standard InChI is InChI=1S/C16H18F3N3O2/c1-10-15(20-12(3)23)11(2)22(21-10)8-13-4-6-14(7-5-13)24-9-16(17,18)19/h4-7H,8-9H2,1-3H3,(H,20,23). The van der Waals surface area contributed by atoms with Crippen LogP contribution in [0.5, 0.6) is 5.75 Å². The van der Waals surface area contributed by atoms with Gasteiger partial charge in [-0.1, -0.05) is 12.1 Å². The molecular formula is C16H18F3N3O2. The van der Waals surface area contributed by atoms with Gasteiger partial charge in [0.1, 0.15) is 5.75 Å². The Labute approximate surface area is 137 Å². The monoisotopic (exact) mass is 341 g/mol. The van der Waals surface area contributed by atoms with E-state index in [1.807, 2.05) is 6.92 Å². The van der Waals surface area contributed by atoms with Gasteiger partial charge in [-0.15, -0.1) is 0 Å². The van der Waals surface area contributed by atoms with E-state index >= 15 is 0 Å². The van der Waals surface area contributed by atoms with Crippen molar-refractivity contribution in [3.05, 3.63) is 41.2 Å². The number of hydrogen-bond donors (Lipinski definition) is 1. The van der Waals surface area contributed by atoms with Gasteiger partial charge in [0.2, 0.25) is 5.91 Å². The highest BCUT2D eigenvalue weighted by molar-refractivity contribution is 5.89. The highest BCUT2D eigenvalue weighted by atomic mass is 19.4. The summed E-state index contributed by atoms with van der Waals surface area (Å²) in [6.45, 7) is 4.18. The molecule has 0 aliphatic heterocycles. The quantitative estimate of drug-likeness (QED) is 0.906. The number of ether oxygens (including phenoxy) is 1. The van der Waals surface area contributed by atoms with Gasteiger partial charge in [-0.05, 0) is 31.5 Å². The van der Waals surface area contributed by atoms with Crippen LogP contribution >= 0.6 is 0 Å². The summed E-state index contributed by atoms with van der Waals surface area (Å²) in [5.41, 5.74) is 3.04. The van der Waals surface area contributed by atoms with Gasteiger partial charge in [-0.3, -0.25) is 9.48 Å². The molecule has 130 valence electrons. The normalized spacial score (nSPS) is 11.4. The maximum absolute atomic E-state index is 12.1. The Morgan fingerprint density at radius 3 is 2.42 bits per heavy atom. The van der Waals surface area contributed by atoms with Crippen LogP contribution in [0.2, 0.25) is 0 Å². The first-order valence-electron chi connectivity index (χ1n) is 7.26. The predicted octanol–water partition coefficient (Wildman–Crippen LogP) is 3.45. The molecule has 0 atom stereocenters. The summed E-state index contributed by atoms with van der Waals surface area (Å²) in [5, 5.41) is 7.11. The van der Waals surface area contributed by atoms with E-state index in [1.165, 1.54) is 19.1 Å². The SMILES string of the molecule is CC(=O)Nc1c(C)nn(Cc2ccc(OCC(F)(F)F)cc2)c1C. The van der Waals surface area contributed by atoms with E-state index in [0.29, 0.717) is 17.9 Å². The molecule has 0 fully saturated rings. The molecule has 0 spiro atoms. The van der Waals surface area contributed by atoms with Gasteiger partial charge < -0.3 is 10.1 Å². The molecular weight excluding hydrogens is 323 g/mol. The van der Waals surface area contributed by atoms with E-state index in [0.717, 1.165) is 11.3 Å². The van der Waals surface area contributed by atoms with Crippen molar-refractivity contribution in [2.75, 3.05) is 11.9 Å². The summed E-state index contributed by atoms with van der Waals surface area (Å²) in [4.78, 5) is 11.2. The second-order valence-corrected chi connectivity index (χ2v) is 5.43. The Balaban J connectivity index is 2.08. The third-order valence-corrected chi connectivity index (χ3v) is 3.34. The smallest absolute Gasteiger partial charge is 0.422 e. The zero-order valence-corrected chi connectivity index (χ0v) is 13.6. The summed E-state index contributed by atoms with van der Waals surface area (Å²) >= 11 is 0. The summed E-state index contributed by atoms with van der Waals surface area (Å²) in [7, 11) is 0. The molecule has 1 aromatic carbocycles. The minimum Gasteiger partial charge on any atom is -0.484 e. The first-order valence-corrected chi connectivity index (χ1v) is 7.26. The molecule has 1 N–H and O–H groups in total. The van der Waals surface area contributed by atoms with Gasteiger partial charge in [-0.25, -0.2) is 0 Å². The fourth-order valence-electron chi connectivity index (χ4n) is 2.24. The van der Waals surface area contributed by atoms with Gasteiger partial charge in [0.25, 0.3) is 0 Å². The van der Waals surface area contributed by atoms with Gasteiger partial charge in [-0.2, -0.15) is 18.3 Å². The number of carbonyl (C=O) groups is 1. The number of rotatable bonds is 5. The Morgan fingerprint density at radius 1 is 1.25 bits per heavy atom. The Bertz CT molecular complexity index is 721. The van der Waals surface area contributed by atoms with Crippen molar-refractivity contribution in [3.63, 3.8) is 0 Å². The lowest BCUT2D eigenvalue weighted by Gasteiger charge is -2.10. The van der Waals surface area contributed by atoms with E-state index in [1.54, 1.807) is 23.7 Å². The fraction of sp³-hybridized carbons (Fsp3) is 0.375. The Kier molecular flexibility index (Phi) is 5.16. The Hall–Kier alpha value is -2.51. The topological polar surface area (TPSA) is 56.2 Å². The highest BCUT2D eigenvalue weighted by Gasteiger charge is 2.28. The van der Waals surface area contributed by atoms with Crippen molar-refractivity contribution >= 4 is 11.6 Å². The average molecular weight is 341 g/mol. The largest absolute Gasteiger partial charge is 0.484 e. The number of alkyl halides is 3. The molecule has 0 aliphatic rings. The van der Waals surface area contributed by atoms with Crippen LogP contribution in [0.1, 0.15) is 23.9 Å². The highest BCUT2D eigenvalue weighted by Crippen LogP contribution is 2.22. The van der Waals surface area contributed by atoms with Crippen LogP contribution < -0.4 is 10.1 Å². The van der Waals surface area contributed by atoms with Gasteiger partial charge >= 0.3 is 6.18 Å². The molecule has 8 heteroatoms. The third-order valence-electron chi connectivity index (χ3n) is 3.34. The second-order valence-electron chi connectivity index (χ2n) is 5.43. The number of benzene rings is 1. The molecule has 1 aromatic heterocycles. The molecule has 0 aliphatic carbocycles. The van der Waals surface area contributed by atoms with Crippen LogP contribution in [-0.4, -0.2) is 28.5 Å². The molecule has 0 saturated heterocycles. The van der Waals surface area contributed by atoms with Crippen LogP contribution in [0.15, 0.2) is 24.3 Å². The number of amides is 1. The molecule has 0 unspecified atom stereocenters. The maximum atomic E-state index is 12.1. The van der Waals surface area contributed by atoms with Crippen LogP contribution in [0.4, 0.5) is 18.9 Å². The third kappa shape index (κ3) is 4.74. The fourth-order valence-corrected chi connectivity index (χ4v) is 2.24. The van der Waals surface area contributed by atoms with Gasteiger partial charge in [0.05, 0.1) is 23.6 Å². The van der Waals surface area contributed by atoms with E-state index in [2.05, 4.69) is 15.2 Å². The minimum absolute atomic E-state index is 0.156. The Morgan fingerprint density at radius 2 is 1.88 bits per heavy atom. The first-order chi connectivity index (χ1) is 11.2. The number of nitrogens with zero attached hydrogens (tertiary/aromatic N) is 2. The summed E-state index contributed by atoms with van der Waals surface area (Å²) < 4.78 is 42.7. The molecule has 24 heavy (non-hydrogen) atoms. The van der Waals surface area contributed by atoms with Crippen molar-refractivity contribution < 1.29 is 22.7 Å². The molecule has 1 amide bonds. The van der Waals surface area contributed by atoms with Crippen molar-refractivity contribution in [1.82, 2.24) is 9.78 Å². The number of aryl methyl sites for hydroxylation is 1.